The molecule has 210 valence electrons. The smallest absolute Gasteiger partial charge is 0.331 e. The highest BCUT2D eigenvalue weighted by molar-refractivity contribution is 8.00. The van der Waals surface area contributed by atoms with E-state index in [1.165, 1.54) is 21.9 Å². The summed E-state index contributed by atoms with van der Waals surface area (Å²) in [6, 6.07) is 22.7. The van der Waals surface area contributed by atoms with E-state index >= 15 is 0 Å². The summed E-state index contributed by atoms with van der Waals surface area (Å²) in [6.07, 6.45) is 5.37. The number of aryl methyl sites for hydroxylation is 1. The van der Waals surface area contributed by atoms with E-state index < -0.39 is 11.5 Å². The maximum absolute atomic E-state index is 13.8. The van der Waals surface area contributed by atoms with Crippen LogP contribution < -0.4 is 10.3 Å². The van der Waals surface area contributed by atoms with Crippen LogP contribution in [-0.4, -0.2) is 27.5 Å². The number of carbonyl (C=O) groups is 1. The second-order valence-electron chi connectivity index (χ2n) is 12.0. The van der Waals surface area contributed by atoms with Gasteiger partial charge in [0.25, 0.3) is 5.56 Å². The molecule has 3 atom stereocenters. The highest BCUT2D eigenvalue weighted by Crippen LogP contribution is 2.64. The van der Waals surface area contributed by atoms with E-state index in [0.29, 0.717) is 25.4 Å². The van der Waals surface area contributed by atoms with E-state index in [1.807, 2.05) is 12.1 Å². The van der Waals surface area contributed by atoms with Crippen molar-refractivity contribution in [3.63, 3.8) is 0 Å². The van der Waals surface area contributed by atoms with Crippen molar-refractivity contribution in [2.24, 2.45) is 0 Å². The molecule has 1 aliphatic heterocycles. The Morgan fingerprint density at radius 1 is 1.07 bits per heavy atom. The molecule has 7 rings (SSSR count). The Kier molecular flexibility index (Phi) is 6.50. The van der Waals surface area contributed by atoms with Crippen LogP contribution in [0.2, 0.25) is 0 Å². The summed E-state index contributed by atoms with van der Waals surface area (Å²) in [5.41, 5.74) is 4.26. The number of hydrogen-bond donors (Lipinski definition) is 1. The van der Waals surface area contributed by atoms with Crippen molar-refractivity contribution < 1.29 is 14.6 Å². The molecule has 0 radical (unpaired) electrons. The number of hydrogen-bond acceptors (Lipinski definition) is 4. The number of carboxylic acid groups (broad SMARTS) is 1. The summed E-state index contributed by atoms with van der Waals surface area (Å²) in [5, 5.41) is 13.7. The number of benzene rings is 3. The second kappa shape index (κ2) is 10.1. The number of carboxylic acids is 1. The van der Waals surface area contributed by atoms with Crippen LogP contribution in [0.15, 0.2) is 76.6 Å². The summed E-state index contributed by atoms with van der Waals surface area (Å²) in [7, 11) is 0. The molecular formula is C35H35NO4S. The molecule has 4 aromatic rings. The van der Waals surface area contributed by atoms with Gasteiger partial charge in [0.15, 0.2) is 5.54 Å². The van der Waals surface area contributed by atoms with E-state index in [4.69, 9.17) is 4.74 Å². The van der Waals surface area contributed by atoms with E-state index in [2.05, 4.69) is 62.4 Å². The fourth-order valence-corrected chi connectivity index (χ4v) is 8.93. The molecule has 0 spiro atoms. The van der Waals surface area contributed by atoms with Gasteiger partial charge in [-0.25, -0.2) is 4.79 Å². The van der Waals surface area contributed by atoms with E-state index in [0.717, 1.165) is 53.1 Å². The summed E-state index contributed by atoms with van der Waals surface area (Å²) in [5.74, 6) is 0.441. The lowest BCUT2D eigenvalue weighted by Crippen LogP contribution is -2.61. The molecule has 2 saturated carbocycles. The number of fused-ring (bicyclic) bond motifs is 4. The fourth-order valence-electron chi connectivity index (χ4n) is 6.99. The predicted molar refractivity (Wildman–Crippen MR) is 164 cm³/mol. The minimum absolute atomic E-state index is 0.0624. The maximum atomic E-state index is 13.8. The van der Waals surface area contributed by atoms with Gasteiger partial charge in [-0.3, -0.25) is 9.36 Å². The third kappa shape index (κ3) is 4.21. The minimum Gasteiger partial charge on any atom is -0.493 e. The number of unbranched alkanes of at least 4 members (excludes halogenated alkanes) is 1. The van der Waals surface area contributed by atoms with Crippen LogP contribution in [0.1, 0.15) is 78.7 Å². The standard InChI is InChI=1S/C35H35NO4S/c1-3-4-16-40-29-15-14-25(17-21(29)2)28-20-35(34(38)39)32(28)41-33-31(23-12-13-23)26(19-30(37)36(33)35)18-24-10-7-9-22-8-5-6-11-27(22)24/h5-11,14-15,17,19,23,28,32H,3-4,12-13,16,18,20H2,1-2H3,(H,38,39)/t28-,32?,35?/m0/s1. The van der Waals surface area contributed by atoms with Gasteiger partial charge in [-0.05, 0) is 89.6 Å². The van der Waals surface area contributed by atoms with Gasteiger partial charge >= 0.3 is 5.97 Å². The fraction of sp³-hybridized carbons (Fsp3) is 0.371. The van der Waals surface area contributed by atoms with Crippen molar-refractivity contribution in [1.82, 2.24) is 4.57 Å². The van der Waals surface area contributed by atoms with Crippen molar-refractivity contribution in [3.8, 4) is 5.75 Å². The Balaban J connectivity index is 1.27. The minimum atomic E-state index is -1.20. The lowest BCUT2D eigenvalue weighted by atomic mass is 9.64. The van der Waals surface area contributed by atoms with Gasteiger partial charge in [0.1, 0.15) is 5.75 Å². The lowest BCUT2D eigenvalue weighted by Gasteiger charge is -2.48. The van der Waals surface area contributed by atoms with Crippen LogP contribution in [0.4, 0.5) is 0 Å². The summed E-state index contributed by atoms with van der Waals surface area (Å²) >= 11 is 1.63. The largest absolute Gasteiger partial charge is 0.493 e. The molecule has 2 unspecified atom stereocenters. The van der Waals surface area contributed by atoms with E-state index in [9.17, 15) is 14.7 Å². The lowest BCUT2D eigenvalue weighted by molar-refractivity contribution is -0.153. The van der Waals surface area contributed by atoms with E-state index in [1.54, 1.807) is 22.4 Å². The Morgan fingerprint density at radius 3 is 2.63 bits per heavy atom. The molecule has 2 aliphatic carbocycles. The Hall–Kier alpha value is -3.51. The Labute approximate surface area is 244 Å². The SMILES string of the molecule is CCCCOc1ccc([C@@H]2CC3(C(=O)O)C2Sc2c(C4CC4)c(Cc4cccc5ccccc45)cc(=O)n23)cc1C. The third-order valence-electron chi connectivity index (χ3n) is 9.30. The molecule has 3 aromatic carbocycles. The molecule has 2 heterocycles. The molecule has 1 aromatic heterocycles. The van der Waals surface area contributed by atoms with Crippen LogP contribution in [0.5, 0.6) is 5.75 Å². The molecule has 41 heavy (non-hydrogen) atoms. The average molecular weight is 566 g/mol. The molecule has 2 fully saturated rings. The number of thioether (sulfide) groups is 1. The highest BCUT2D eigenvalue weighted by Gasteiger charge is 2.66. The van der Waals surface area contributed by atoms with Gasteiger partial charge in [0, 0.05) is 12.0 Å². The number of aromatic nitrogens is 1. The van der Waals surface area contributed by atoms with Gasteiger partial charge in [-0.1, -0.05) is 67.9 Å². The topological polar surface area (TPSA) is 68.5 Å². The van der Waals surface area contributed by atoms with Gasteiger partial charge in [0.05, 0.1) is 16.9 Å². The van der Waals surface area contributed by atoms with Crippen LogP contribution >= 0.6 is 11.8 Å². The number of rotatable bonds is 9. The van der Waals surface area contributed by atoms with Gasteiger partial charge in [-0.2, -0.15) is 0 Å². The summed E-state index contributed by atoms with van der Waals surface area (Å²) in [4.78, 5) is 26.8. The first-order valence-electron chi connectivity index (χ1n) is 14.8. The second-order valence-corrected chi connectivity index (χ2v) is 13.1. The first kappa shape index (κ1) is 26.4. The van der Waals surface area contributed by atoms with Crippen molar-refractivity contribution in [2.75, 3.05) is 6.61 Å². The number of ether oxygens (including phenoxy) is 1. The van der Waals surface area contributed by atoms with Crippen molar-refractivity contribution >= 4 is 28.5 Å². The molecule has 5 nitrogen and oxygen atoms in total. The zero-order chi connectivity index (χ0) is 28.3. The zero-order valence-corrected chi connectivity index (χ0v) is 24.4. The number of pyridine rings is 1. The molecule has 0 saturated heterocycles. The molecule has 6 heteroatoms. The van der Waals surface area contributed by atoms with Crippen LogP contribution in [0.3, 0.4) is 0 Å². The zero-order valence-electron chi connectivity index (χ0n) is 23.6. The number of nitrogens with zero attached hydrogens (tertiary/aromatic N) is 1. The molecule has 0 bridgehead atoms. The van der Waals surface area contributed by atoms with Crippen molar-refractivity contribution in [3.05, 3.63) is 105 Å². The predicted octanol–water partition coefficient (Wildman–Crippen LogP) is 7.40. The van der Waals surface area contributed by atoms with Crippen molar-refractivity contribution in [2.45, 2.75) is 80.0 Å². The van der Waals surface area contributed by atoms with Gasteiger partial charge < -0.3 is 9.84 Å². The molecular weight excluding hydrogens is 530 g/mol. The molecule has 1 N–H and O–H groups in total. The quantitative estimate of drug-likeness (QED) is 0.214. The summed E-state index contributed by atoms with van der Waals surface area (Å²) in [6.45, 7) is 4.90. The monoisotopic (exact) mass is 565 g/mol. The molecule has 3 aliphatic rings. The van der Waals surface area contributed by atoms with Crippen LogP contribution in [-0.2, 0) is 16.8 Å². The summed E-state index contributed by atoms with van der Waals surface area (Å²) < 4.78 is 7.63. The van der Waals surface area contributed by atoms with E-state index in [-0.39, 0.29) is 16.7 Å². The van der Waals surface area contributed by atoms with Gasteiger partial charge in [-0.15, -0.1) is 11.8 Å². The maximum Gasteiger partial charge on any atom is 0.331 e. The molecule has 0 amide bonds. The van der Waals surface area contributed by atoms with Gasteiger partial charge in [0.2, 0.25) is 0 Å². The Bertz CT molecular complexity index is 1730. The number of aliphatic carboxylic acids is 1. The normalized spacial score (nSPS) is 22.7. The van der Waals surface area contributed by atoms with Crippen LogP contribution in [0.25, 0.3) is 10.8 Å². The first-order valence-corrected chi connectivity index (χ1v) is 15.7. The van der Waals surface area contributed by atoms with Crippen molar-refractivity contribution in [1.29, 1.82) is 0 Å². The highest BCUT2D eigenvalue weighted by atomic mass is 32.2. The average Bonchev–Trinajstić information content (AvgIpc) is 3.75. The third-order valence-corrected chi connectivity index (χ3v) is 10.9. The Morgan fingerprint density at radius 2 is 1.88 bits per heavy atom. The van der Waals surface area contributed by atoms with Crippen LogP contribution in [0, 0.1) is 6.92 Å². The first-order chi connectivity index (χ1) is 19.9.